The molecule has 0 bridgehead atoms. The fourth-order valence-corrected chi connectivity index (χ4v) is 3.70. The molecule has 0 radical (unpaired) electrons. The van der Waals surface area contributed by atoms with Gasteiger partial charge in [0.05, 0.1) is 10.6 Å². The first kappa shape index (κ1) is 22.3. The highest BCUT2D eigenvalue weighted by atomic mass is 32.2. The van der Waals surface area contributed by atoms with Crippen molar-refractivity contribution in [1.82, 2.24) is 9.78 Å². The molecule has 0 aliphatic rings. The third kappa shape index (κ3) is 5.85. The first-order valence-electron chi connectivity index (χ1n) is 8.97. The van der Waals surface area contributed by atoms with Crippen LogP contribution in [0.4, 0.5) is 24.5 Å². The number of carbonyl (C=O) groups excluding carboxylic acids is 1. The van der Waals surface area contributed by atoms with E-state index in [0.717, 1.165) is 22.6 Å². The maximum atomic E-state index is 13.1. The Hall–Kier alpha value is -3.34. The summed E-state index contributed by atoms with van der Waals surface area (Å²) in [4.78, 5) is 24.4. The summed E-state index contributed by atoms with van der Waals surface area (Å²) in [6, 6.07) is 12.4. The van der Waals surface area contributed by atoms with Gasteiger partial charge in [0.15, 0.2) is 0 Å². The molecule has 1 amide bonds. The number of aromatic nitrogens is 2. The molecule has 1 aromatic heterocycles. The van der Waals surface area contributed by atoms with Crippen molar-refractivity contribution in [3.05, 3.63) is 75.6 Å². The molecule has 0 aliphatic heterocycles. The number of aryl methyl sites for hydroxylation is 2. The molecule has 162 valence electrons. The number of alkyl halides is 3. The predicted molar refractivity (Wildman–Crippen MR) is 109 cm³/mol. The van der Waals surface area contributed by atoms with Crippen molar-refractivity contribution in [3.63, 3.8) is 0 Å². The van der Waals surface area contributed by atoms with Gasteiger partial charge in [-0.15, -0.1) is 0 Å². The summed E-state index contributed by atoms with van der Waals surface area (Å²) in [5.41, 5.74) is -0.0185. The van der Waals surface area contributed by atoms with Gasteiger partial charge in [-0.05, 0) is 38.1 Å². The Kier molecular flexibility index (Phi) is 6.34. The quantitative estimate of drug-likeness (QED) is 0.411. The number of benzene rings is 2. The van der Waals surface area contributed by atoms with E-state index in [9.17, 15) is 28.1 Å². The molecule has 7 nitrogen and oxygen atoms in total. The summed E-state index contributed by atoms with van der Waals surface area (Å²) in [6.45, 7) is 2.63. The molecule has 11 heteroatoms. The number of hydrogen-bond acceptors (Lipinski definition) is 5. The fourth-order valence-electron chi connectivity index (χ4n) is 2.79. The number of nitrogens with one attached hydrogen (secondary N) is 1. The van der Waals surface area contributed by atoms with Crippen LogP contribution in [0.15, 0.2) is 58.3 Å². The Morgan fingerprint density at radius 3 is 2.42 bits per heavy atom. The van der Waals surface area contributed by atoms with E-state index in [-0.39, 0.29) is 17.1 Å². The highest BCUT2D eigenvalue weighted by Crippen LogP contribution is 2.33. The van der Waals surface area contributed by atoms with Crippen molar-refractivity contribution in [2.45, 2.75) is 36.4 Å². The SMILES string of the molecule is Cc1ccc(Sc2cc(NC(=O)Cn3nc(C)cc3C(F)(F)F)cc([N+](=O)[O-])c2)cc1. The van der Waals surface area contributed by atoms with E-state index in [0.29, 0.717) is 9.58 Å². The molecule has 0 unspecified atom stereocenters. The predicted octanol–water partition coefficient (Wildman–Crippen LogP) is 5.22. The lowest BCUT2D eigenvalue weighted by molar-refractivity contribution is -0.385. The summed E-state index contributed by atoms with van der Waals surface area (Å²) >= 11 is 1.26. The van der Waals surface area contributed by atoms with E-state index in [2.05, 4.69) is 10.4 Å². The van der Waals surface area contributed by atoms with Crippen LogP contribution in [-0.4, -0.2) is 20.6 Å². The second kappa shape index (κ2) is 8.80. The maximum absolute atomic E-state index is 13.1. The van der Waals surface area contributed by atoms with Gasteiger partial charge < -0.3 is 5.32 Å². The van der Waals surface area contributed by atoms with Crippen LogP contribution < -0.4 is 5.32 Å². The monoisotopic (exact) mass is 450 g/mol. The number of anilines is 1. The summed E-state index contributed by atoms with van der Waals surface area (Å²) in [6.07, 6.45) is -4.66. The Labute approximate surface area is 179 Å². The van der Waals surface area contributed by atoms with E-state index in [1.165, 1.54) is 30.8 Å². The second-order valence-electron chi connectivity index (χ2n) is 6.76. The summed E-state index contributed by atoms with van der Waals surface area (Å²) in [5, 5.41) is 17.4. The van der Waals surface area contributed by atoms with Gasteiger partial charge in [0, 0.05) is 27.6 Å². The van der Waals surface area contributed by atoms with Crippen LogP contribution in [-0.2, 0) is 17.5 Å². The Balaban J connectivity index is 1.82. The number of rotatable bonds is 6. The largest absolute Gasteiger partial charge is 0.433 e. The normalized spacial score (nSPS) is 11.4. The average Bonchev–Trinajstić information content (AvgIpc) is 3.03. The fraction of sp³-hybridized carbons (Fsp3) is 0.200. The van der Waals surface area contributed by atoms with Crippen molar-refractivity contribution >= 4 is 29.0 Å². The van der Waals surface area contributed by atoms with Crippen molar-refractivity contribution in [2.24, 2.45) is 0 Å². The molecule has 0 fully saturated rings. The van der Waals surface area contributed by atoms with Gasteiger partial charge >= 0.3 is 6.18 Å². The molecule has 1 heterocycles. The van der Waals surface area contributed by atoms with Crippen molar-refractivity contribution in [2.75, 3.05) is 5.32 Å². The van der Waals surface area contributed by atoms with Crippen molar-refractivity contribution in [3.8, 4) is 0 Å². The second-order valence-corrected chi connectivity index (χ2v) is 7.91. The van der Waals surface area contributed by atoms with Gasteiger partial charge in [0.2, 0.25) is 5.91 Å². The highest BCUT2D eigenvalue weighted by Gasteiger charge is 2.35. The van der Waals surface area contributed by atoms with Crippen LogP contribution in [0.5, 0.6) is 0 Å². The van der Waals surface area contributed by atoms with E-state index < -0.39 is 29.2 Å². The summed E-state index contributed by atoms with van der Waals surface area (Å²) in [7, 11) is 0. The molecule has 31 heavy (non-hydrogen) atoms. The number of nitro benzene ring substituents is 1. The topological polar surface area (TPSA) is 90.1 Å². The molecule has 2 aromatic carbocycles. The van der Waals surface area contributed by atoms with Crippen LogP contribution in [0.2, 0.25) is 0 Å². The first-order valence-corrected chi connectivity index (χ1v) is 9.78. The number of nitro groups is 1. The molecule has 0 spiro atoms. The minimum absolute atomic E-state index is 0.103. The lowest BCUT2D eigenvalue weighted by Gasteiger charge is -2.11. The number of nitrogens with zero attached hydrogens (tertiary/aromatic N) is 3. The van der Waals surface area contributed by atoms with Gasteiger partial charge in [-0.25, -0.2) is 0 Å². The number of hydrogen-bond donors (Lipinski definition) is 1. The Morgan fingerprint density at radius 2 is 1.81 bits per heavy atom. The van der Waals surface area contributed by atoms with E-state index >= 15 is 0 Å². The Morgan fingerprint density at radius 1 is 1.13 bits per heavy atom. The third-order valence-electron chi connectivity index (χ3n) is 4.13. The zero-order valence-electron chi connectivity index (χ0n) is 16.4. The molecule has 0 aliphatic carbocycles. The average molecular weight is 450 g/mol. The van der Waals surface area contributed by atoms with E-state index in [1.54, 1.807) is 0 Å². The van der Waals surface area contributed by atoms with Crippen molar-refractivity contribution in [1.29, 1.82) is 0 Å². The minimum atomic E-state index is -4.66. The third-order valence-corrected chi connectivity index (χ3v) is 5.11. The van der Waals surface area contributed by atoms with Gasteiger partial charge in [0.1, 0.15) is 12.2 Å². The lowest BCUT2D eigenvalue weighted by atomic mass is 10.2. The molecule has 1 N–H and O–H groups in total. The van der Waals surface area contributed by atoms with Crippen LogP contribution in [0.3, 0.4) is 0 Å². The number of non-ortho nitro benzene ring substituents is 1. The summed E-state index contributed by atoms with van der Waals surface area (Å²) < 4.78 is 39.8. The zero-order chi connectivity index (χ0) is 22.8. The van der Waals surface area contributed by atoms with Gasteiger partial charge in [-0.1, -0.05) is 29.5 Å². The molecular weight excluding hydrogens is 433 g/mol. The first-order chi connectivity index (χ1) is 14.5. The zero-order valence-corrected chi connectivity index (χ0v) is 17.3. The van der Waals surface area contributed by atoms with E-state index in [4.69, 9.17) is 0 Å². The number of amides is 1. The Bertz CT molecular complexity index is 1130. The molecule has 0 atom stereocenters. The van der Waals surface area contributed by atoms with Crippen molar-refractivity contribution < 1.29 is 22.9 Å². The molecular formula is C20H17F3N4O3S. The van der Waals surface area contributed by atoms with Gasteiger partial charge in [-0.3, -0.25) is 19.6 Å². The van der Waals surface area contributed by atoms with Gasteiger partial charge in [0.25, 0.3) is 5.69 Å². The highest BCUT2D eigenvalue weighted by molar-refractivity contribution is 7.99. The molecule has 0 saturated carbocycles. The molecule has 0 saturated heterocycles. The van der Waals surface area contributed by atoms with E-state index in [1.807, 2.05) is 31.2 Å². The van der Waals surface area contributed by atoms with Crippen LogP contribution in [0.1, 0.15) is 17.0 Å². The number of halogens is 3. The van der Waals surface area contributed by atoms with Crippen LogP contribution in [0.25, 0.3) is 0 Å². The standard InChI is InChI=1S/C20H17F3N4O3S/c1-12-3-5-16(6-4-12)31-17-9-14(8-15(10-17)27(29)30)24-19(28)11-26-18(20(21,22)23)7-13(2)25-26/h3-10H,11H2,1-2H3,(H,24,28). The molecule has 3 rings (SSSR count). The minimum Gasteiger partial charge on any atom is -0.324 e. The summed E-state index contributed by atoms with van der Waals surface area (Å²) in [5.74, 6) is -0.791. The van der Waals surface area contributed by atoms with Gasteiger partial charge in [-0.2, -0.15) is 18.3 Å². The molecule has 3 aromatic rings. The maximum Gasteiger partial charge on any atom is 0.433 e. The lowest BCUT2D eigenvalue weighted by Crippen LogP contribution is -2.23. The number of carbonyl (C=O) groups is 1. The van der Waals surface area contributed by atoms with Crippen LogP contribution in [0, 0.1) is 24.0 Å². The smallest absolute Gasteiger partial charge is 0.324 e. The van der Waals surface area contributed by atoms with Crippen LogP contribution >= 0.6 is 11.8 Å².